The van der Waals surface area contributed by atoms with Crippen LogP contribution < -0.4 is 10.1 Å². The summed E-state index contributed by atoms with van der Waals surface area (Å²) < 4.78 is 19.2. The maximum absolute atomic E-state index is 13.0. The molecule has 0 heterocycles. The van der Waals surface area contributed by atoms with Crippen LogP contribution in [0.25, 0.3) is 0 Å². The summed E-state index contributed by atoms with van der Waals surface area (Å²) in [5.74, 6) is 0.853. The molecule has 2 nitrogen and oxygen atoms in total. The molecule has 0 amide bonds. The highest BCUT2D eigenvalue weighted by molar-refractivity contribution is 9.10. The maximum Gasteiger partial charge on any atom is 0.136 e. The van der Waals surface area contributed by atoms with Gasteiger partial charge in [0.05, 0.1) is 4.47 Å². The van der Waals surface area contributed by atoms with Gasteiger partial charge < -0.3 is 10.1 Å². The number of benzene rings is 1. The summed E-state index contributed by atoms with van der Waals surface area (Å²) in [6.07, 6.45) is 0. The van der Waals surface area contributed by atoms with Crippen LogP contribution in [0.15, 0.2) is 22.7 Å². The Morgan fingerprint density at radius 2 is 2.06 bits per heavy atom. The molecule has 1 aromatic rings. The van der Waals surface area contributed by atoms with Crippen LogP contribution in [0, 0.1) is 11.7 Å². The van der Waals surface area contributed by atoms with Gasteiger partial charge in [-0.15, -0.1) is 0 Å². The van der Waals surface area contributed by atoms with E-state index in [1.165, 1.54) is 12.1 Å². The molecule has 0 radical (unpaired) electrons. The van der Waals surface area contributed by atoms with Crippen molar-refractivity contribution in [3.05, 3.63) is 28.5 Å². The van der Waals surface area contributed by atoms with E-state index in [0.29, 0.717) is 24.3 Å². The Labute approximate surface area is 111 Å². The fourth-order valence-electron chi connectivity index (χ4n) is 1.27. The van der Waals surface area contributed by atoms with E-state index in [4.69, 9.17) is 4.74 Å². The largest absolute Gasteiger partial charge is 0.491 e. The Hall–Kier alpha value is -0.610. The standard InChI is InChI=1S/C13H19BrFNO/c1-9(2)10(3)16-6-7-17-13-8-11(15)4-5-12(13)14/h4-5,8-10,16H,6-7H2,1-3H3. The van der Waals surface area contributed by atoms with E-state index < -0.39 is 0 Å². The molecule has 1 rings (SSSR count). The van der Waals surface area contributed by atoms with Crippen LogP contribution in [-0.2, 0) is 0 Å². The Morgan fingerprint density at radius 1 is 1.35 bits per heavy atom. The lowest BCUT2D eigenvalue weighted by Gasteiger charge is -2.17. The topological polar surface area (TPSA) is 21.3 Å². The summed E-state index contributed by atoms with van der Waals surface area (Å²) >= 11 is 3.32. The summed E-state index contributed by atoms with van der Waals surface area (Å²) in [6.45, 7) is 7.76. The number of ether oxygens (including phenoxy) is 1. The first kappa shape index (κ1) is 14.5. The van der Waals surface area contributed by atoms with Crippen molar-refractivity contribution in [3.8, 4) is 5.75 Å². The molecule has 0 bridgehead atoms. The SMILES string of the molecule is CC(C)C(C)NCCOc1cc(F)ccc1Br. The number of rotatable bonds is 6. The van der Waals surface area contributed by atoms with E-state index in [1.54, 1.807) is 6.07 Å². The normalized spacial score (nSPS) is 12.8. The number of nitrogens with one attached hydrogen (secondary N) is 1. The molecule has 1 atom stereocenters. The second kappa shape index (κ2) is 6.97. The Balaban J connectivity index is 2.33. The average molecular weight is 304 g/mol. The van der Waals surface area contributed by atoms with Gasteiger partial charge in [-0.2, -0.15) is 0 Å². The highest BCUT2D eigenvalue weighted by Gasteiger charge is 2.06. The van der Waals surface area contributed by atoms with Crippen LogP contribution in [0.4, 0.5) is 4.39 Å². The summed E-state index contributed by atoms with van der Waals surface area (Å²) in [7, 11) is 0. The lowest BCUT2D eigenvalue weighted by atomic mass is 10.1. The molecule has 0 spiro atoms. The van der Waals surface area contributed by atoms with Gasteiger partial charge in [0.1, 0.15) is 18.2 Å². The predicted octanol–water partition coefficient (Wildman–Crippen LogP) is 3.60. The van der Waals surface area contributed by atoms with Gasteiger partial charge in [0, 0.05) is 18.7 Å². The second-order valence-corrected chi connectivity index (χ2v) is 5.26. The summed E-state index contributed by atoms with van der Waals surface area (Å²) in [5, 5.41) is 3.35. The van der Waals surface area contributed by atoms with Crippen molar-refractivity contribution in [2.75, 3.05) is 13.2 Å². The van der Waals surface area contributed by atoms with Crippen molar-refractivity contribution in [3.63, 3.8) is 0 Å². The van der Waals surface area contributed by atoms with Crippen LogP contribution in [0.3, 0.4) is 0 Å². The van der Waals surface area contributed by atoms with E-state index in [2.05, 4.69) is 42.0 Å². The molecule has 0 saturated carbocycles. The van der Waals surface area contributed by atoms with E-state index in [9.17, 15) is 4.39 Å². The molecule has 0 saturated heterocycles. The fraction of sp³-hybridized carbons (Fsp3) is 0.538. The molecule has 1 N–H and O–H groups in total. The lowest BCUT2D eigenvalue weighted by molar-refractivity contribution is 0.294. The number of halogens is 2. The Kier molecular flexibility index (Phi) is 5.92. The van der Waals surface area contributed by atoms with Gasteiger partial charge in [0.25, 0.3) is 0 Å². The van der Waals surface area contributed by atoms with Gasteiger partial charge in [-0.1, -0.05) is 13.8 Å². The second-order valence-electron chi connectivity index (χ2n) is 4.41. The molecule has 17 heavy (non-hydrogen) atoms. The molecular weight excluding hydrogens is 285 g/mol. The van der Waals surface area contributed by atoms with E-state index in [-0.39, 0.29) is 5.82 Å². The number of hydrogen-bond donors (Lipinski definition) is 1. The maximum atomic E-state index is 13.0. The zero-order chi connectivity index (χ0) is 12.8. The highest BCUT2D eigenvalue weighted by atomic mass is 79.9. The molecule has 0 aromatic heterocycles. The van der Waals surface area contributed by atoms with Gasteiger partial charge in [-0.25, -0.2) is 4.39 Å². The Bertz CT molecular complexity index is 357. The molecule has 4 heteroatoms. The first-order valence-corrected chi connectivity index (χ1v) is 6.61. The van der Waals surface area contributed by atoms with Crippen LogP contribution in [0.2, 0.25) is 0 Å². The fourth-order valence-corrected chi connectivity index (χ4v) is 1.63. The van der Waals surface area contributed by atoms with Crippen molar-refractivity contribution >= 4 is 15.9 Å². The average Bonchev–Trinajstić information content (AvgIpc) is 2.28. The molecule has 96 valence electrons. The summed E-state index contributed by atoms with van der Waals surface area (Å²) in [5.41, 5.74) is 0. The third-order valence-corrected chi connectivity index (χ3v) is 3.37. The van der Waals surface area contributed by atoms with Crippen molar-refractivity contribution in [1.29, 1.82) is 0 Å². The molecule has 1 unspecified atom stereocenters. The third kappa shape index (κ3) is 5.04. The number of hydrogen-bond acceptors (Lipinski definition) is 2. The van der Waals surface area contributed by atoms with E-state index in [0.717, 1.165) is 11.0 Å². The molecule has 0 fully saturated rings. The quantitative estimate of drug-likeness (QED) is 0.811. The van der Waals surface area contributed by atoms with Crippen molar-refractivity contribution in [2.24, 2.45) is 5.92 Å². The molecule has 0 aliphatic rings. The first-order valence-electron chi connectivity index (χ1n) is 5.82. The molecule has 0 aliphatic heterocycles. The minimum absolute atomic E-state index is 0.285. The monoisotopic (exact) mass is 303 g/mol. The van der Waals surface area contributed by atoms with Gasteiger partial charge in [0.2, 0.25) is 0 Å². The summed E-state index contributed by atoms with van der Waals surface area (Å²) in [6, 6.07) is 4.88. The smallest absolute Gasteiger partial charge is 0.136 e. The molecule has 0 aliphatic carbocycles. The van der Waals surface area contributed by atoms with Crippen molar-refractivity contribution < 1.29 is 9.13 Å². The van der Waals surface area contributed by atoms with Crippen molar-refractivity contribution in [1.82, 2.24) is 5.32 Å². The zero-order valence-corrected chi connectivity index (χ0v) is 12.1. The van der Waals surface area contributed by atoms with Gasteiger partial charge in [0.15, 0.2) is 0 Å². The van der Waals surface area contributed by atoms with Crippen LogP contribution in [0.1, 0.15) is 20.8 Å². The van der Waals surface area contributed by atoms with E-state index in [1.807, 2.05) is 0 Å². The zero-order valence-electron chi connectivity index (χ0n) is 10.5. The van der Waals surface area contributed by atoms with Gasteiger partial charge >= 0.3 is 0 Å². The van der Waals surface area contributed by atoms with Crippen LogP contribution in [-0.4, -0.2) is 19.2 Å². The van der Waals surface area contributed by atoms with Crippen LogP contribution in [0.5, 0.6) is 5.75 Å². The minimum atomic E-state index is -0.285. The molecule has 1 aromatic carbocycles. The third-order valence-electron chi connectivity index (χ3n) is 2.72. The van der Waals surface area contributed by atoms with Crippen molar-refractivity contribution in [2.45, 2.75) is 26.8 Å². The minimum Gasteiger partial charge on any atom is -0.491 e. The Morgan fingerprint density at radius 3 is 2.71 bits per heavy atom. The molecular formula is C13H19BrFNO. The predicted molar refractivity (Wildman–Crippen MR) is 71.9 cm³/mol. The highest BCUT2D eigenvalue weighted by Crippen LogP contribution is 2.25. The first-order chi connectivity index (χ1) is 8.00. The van der Waals surface area contributed by atoms with Gasteiger partial charge in [-0.05, 0) is 40.9 Å². The van der Waals surface area contributed by atoms with Crippen LogP contribution >= 0.6 is 15.9 Å². The lowest BCUT2D eigenvalue weighted by Crippen LogP contribution is -2.33. The summed E-state index contributed by atoms with van der Waals surface area (Å²) in [4.78, 5) is 0. The van der Waals surface area contributed by atoms with Gasteiger partial charge in [-0.3, -0.25) is 0 Å². The van der Waals surface area contributed by atoms with E-state index >= 15 is 0 Å².